The van der Waals surface area contributed by atoms with E-state index in [9.17, 15) is 13.2 Å². The molecule has 0 saturated carbocycles. The minimum absolute atomic E-state index is 0.0132. The third-order valence-corrected chi connectivity index (χ3v) is 5.94. The molecule has 0 radical (unpaired) electrons. The second kappa shape index (κ2) is 6.62. The Bertz CT molecular complexity index is 608. The predicted octanol–water partition coefficient (Wildman–Crippen LogP) is 1.79. The minimum Gasteiger partial charge on any atom is -0.339 e. The lowest BCUT2D eigenvalue weighted by Gasteiger charge is -2.35. The second-order valence-corrected chi connectivity index (χ2v) is 8.60. The molecule has 1 aliphatic heterocycles. The molecule has 116 valence electrons. The molecule has 2 rings (SSSR count). The van der Waals surface area contributed by atoms with E-state index in [0.717, 1.165) is 3.57 Å². The van der Waals surface area contributed by atoms with Crippen LogP contribution in [0.1, 0.15) is 23.2 Å². The highest BCUT2D eigenvalue weighted by molar-refractivity contribution is 14.1. The minimum atomic E-state index is -3.17. The van der Waals surface area contributed by atoms with Crippen LogP contribution in [-0.4, -0.2) is 56.0 Å². The van der Waals surface area contributed by atoms with E-state index in [1.54, 1.807) is 11.9 Å². The smallest absolute Gasteiger partial charge is 0.253 e. The summed E-state index contributed by atoms with van der Waals surface area (Å²) < 4.78 is 25.6. The molecule has 0 unspecified atom stereocenters. The Morgan fingerprint density at radius 3 is 2.24 bits per heavy atom. The third-order valence-electron chi connectivity index (χ3n) is 3.88. The van der Waals surface area contributed by atoms with Gasteiger partial charge in [-0.05, 0) is 59.7 Å². The average molecular weight is 422 g/mol. The molecule has 1 saturated heterocycles. The Morgan fingerprint density at radius 2 is 1.76 bits per heavy atom. The standard InChI is InChI=1S/C14H19IN2O3S/c1-16(21(2,19)20)13-7-9-17(10-8-13)14(18)11-3-5-12(15)6-4-11/h3-6,13H,7-10H2,1-2H3. The van der Waals surface area contributed by atoms with Crippen molar-refractivity contribution in [3.8, 4) is 0 Å². The fourth-order valence-corrected chi connectivity index (χ4v) is 3.59. The van der Waals surface area contributed by atoms with Gasteiger partial charge in [0, 0.05) is 35.3 Å². The van der Waals surface area contributed by atoms with Crippen LogP contribution in [0.3, 0.4) is 0 Å². The fourth-order valence-electron chi connectivity index (χ4n) is 2.48. The van der Waals surface area contributed by atoms with Crippen molar-refractivity contribution in [1.29, 1.82) is 0 Å². The van der Waals surface area contributed by atoms with E-state index in [-0.39, 0.29) is 11.9 Å². The maximum atomic E-state index is 12.4. The molecule has 0 aliphatic carbocycles. The van der Waals surface area contributed by atoms with Gasteiger partial charge in [0.05, 0.1) is 6.26 Å². The molecule has 5 nitrogen and oxygen atoms in total. The molecule has 0 bridgehead atoms. The van der Waals surface area contributed by atoms with Crippen LogP contribution in [0.2, 0.25) is 0 Å². The van der Waals surface area contributed by atoms with Crippen molar-refractivity contribution in [2.75, 3.05) is 26.4 Å². The van der Waals surface area contributed by atoms with Crippen LogP contribution in [0.4, 0.5) is 0 Å². The van der Waals surface area contributed by atoms with Gasteiger partial charge in [-0.3, -0.25) is 4.79 Å². The number of hydrogen-bond acceptors (Lipinski definition) is 3. The first kappa shape index (κ1) is 16.7. The number of rotatable bonds is 3. The highest BCUT2D eigenvalue weighted by Gasteiger charge is 2.29. The topological polar surface area (TPSA) is 57.7 Å². The number of carbonyl (C=O) groups is 1. The Hall–Kier alpha value is -0.670. The Morgan fingerprint density at radius 1 is 1.24 bits per heavy atom. The average Bonchev–Trinajstić information content (AvgIpc) is 2.46. The number of carbonyl (C=O) groups excluding carboxylic acids is 1. The molecule has 0 spiro atoms. The zero-order valence-electron chi connectivity index (χ0n) is 12.1. The highest BCUT2D eigenvalue weighted by atomic mass is 127. The fraction of sp³-hybridized carbons (Fsp3) is 0.500. The Labute approximate surface area is 139 Å². The van der Waals surface area contributed by atoms with E-state index in [1.807, 2.05) is 24.3 Å². The molecular weight excluding hydrogens is 403 g/mol. The molecule has 0 atom stereocenters. The highest BCUT2D eigenvalue weighted by Crippen LogP contribution is 2.19. The number of amides is 1. The van der Waals surface area contributed by atoms with E-state index >= 15 is 0 Å². The number of sulfonamides is 1. The van der Waals surface area contributed by atoms with Gasteiger partial charge in [0.15, 0.2) is 0 Å². The van der Waals surface area contributed by atoms with Gasteiger partial charge in [0.2, 0.25) is 10.0 Å². The summed E-state index contributed by atoms with van der Waals surface area (Å²) in [6, 6.07) is 7.48. The van der Waals surface area contributed by atoms with E-state index in [2.05, 4.69) is 22.6 Å². The molecule has 1 aromatic carbocycles. The summed E-state index contributed by atoms with van der Waals surface area (Å²) in [5, 5.41) is 0. The first-order valence-corrected chi connectivity index (χ1v) is 9.69. The summed E-state index contributed by atoms with van der Waals surface area (Å²) >= 11 is 2.20. The lowest BCUT2D eigenvalue weighted by molar-refractivity contribution is 0.0686. The molecule has 7 heteroatoms. The second-order valence-electron chi connectivity index (χ2n) is 5.31. The van der Waals surface area contributed by atoms with Crippen molar-refractivity contribution < 1.29 is 13.2 Å². The molecule has 0 N–H and O–H groups in total. The van der Waals surface area contributed by atoms with Crippen molar-refractivity contribution in [3.63, 3.8) is 0 Å². The van der Waals surface area contributed by atoms with Crippen molar-refractivity contribution in [2.45, 2.75) is 18.9 Å². The van der Waals surface area contributed by atoms with Crippen molar-refractivity contribution in [1.82, 2.24) is 9.21 Å². The predicted molar refractivity (Wildman–Crippen MR) is 90.7 cm³/mol. The number of nitrogens with zero attached hydrogens (tertiary/aromatic N) is 2. The summed E-state index contributed by atoms with van der Waals surface area (Å²) in [4.78, 5) is 14.2. The van der Waals surface area contributed by atoms with Gasteiger partial charge >= 0.3 is 0 Å². The van der Waals surface area contributed by atoms with E-state index in [1.165, 1.54) is 10.6 Å². The van der Waals surface area contributed by atoms with Crippen molar-refractivity contribution >= 4 is 38.5 Å². The zero-order chi connectivity index (χ0) is 15.6. The SMILES string of the molecule is CN(C1CCN(C(=O)c2ccc(I)cc2)CC1)S(C)(=O)=O. The van der Waals surface area contributed by atoms with Crippen LogP contribution in [-0.2, 0) is 10.0 Å². The Balaban J connectivity index is 1.98. The van der Waals surface area contributed by atoms with Gasteiger partial charge in [-0.2, -0.15) is 0 Å². The molecule has 1 fully saturated rings. The first-order valence-electron chi connectivity index (χ1n) is 6.77. The lowest BCUT2D eigenvalue weighted by atomic mass is 10.0. The van der Waals surface area contributed by atoms with E-state index in [4.69, 9.17) is 0 Å². The zero-order valence-corrected chi connectivity index (χ0v) is 15.1. The van der Waals surface area contributed by atoms with Gasteiger partial charge in [-0.1, -0.05) is 0 Å². The lowest BCUT2D eigenvalue weighted by Crippen LogP contribution is -2.47. The normalized spacial score (nSPS) is 17.2. The molecule has 1 heterocycles. The maximum Gasteiger partial charge on any atom is 0.253 e. The molecular formula is C14H19IN2O3S. The largest absolute Gasteiger partial charge is 0.339 e. The van der Waals surface area contributed by atoms with Crippen molar-refractivity contribution in [3.05, 3.63) is 33.4 Å². The van der Waals surface area contributed by atoms with Gasteiger partial charge in [-0.15, -0.1) is 0 Å². The maximum absolute atomic E-state index is 12.4. The summed E-state index contributed by atoms with van der Waals surface area (Å²) in [5.41, 5.74) is 0.685. The van der Waals surface area contributed by atoms with Gasteiger partial charge in [0.25, 0.3) is 5.91 Å². The van der Waals surface area contributed by atoms with Crippen LogP contribution in [0.25, 0.3) is 0 Å². The van der Waals surface area contributed by atoms with Crippen LogP contribution in [0.15, 0.2) is 24.3 Å². The van der Waals surface area contributed by atoms with E-state index < -0.39 is 10.0 Å². The Kier molecular flexibility index (Phi) is 5.26. The number of halogens is 1. The van der Waals surface area contributed by atoms with Crippen LogP contribution in [0.5, 0.6) is 0 Å². The van der Waals surface area contributed by atoms with Gasteiger partial charge < -0.3 is 4.90 Å². The van der Waals surface area contributed by atoms with Crippen molar-refractivity contribution in [2.24, 2.45) is 0 Å². The summed E-state index contributed by atoms with van der Waals surface area (Å²) in [6.45, 7) is 1.19. The number of likely N-dealkylation sites (tertiary alicyclic amines) is 1. The molecule has 1 amide bonds. The number of piperidine rings is 1. The molecule has 0 aromatic heterocycles. The summed E-state index contributed by atoms with van der Waals surface area (Å²) in [6.07, 6.45) is 2.58. The summed E-state index contributed by atoms with van der Waals surface area (Å²) in [5.74, 6) is 0.0202. The van der Waals surface area contributed by atoms with Gasteiger partial charge in [-0.25, -0.2) is 12.7 Å². The van der Waals surface area contributed by atoms with Crippen LogP contribution >= 0.6 is 22.6 Å². The molecule has 21 heavy (non-hydrogen) atoms. The number of hydrogen-bond donors (Lipinski definition) is 0. The first-order chi connectivity index (χ1) is 9.79. The van der Waals surface area contributed by atoms with Crippen LogP contribution in [0, 0.1) is 3.57 Å². The quantitative estimate of drug-likeness (QED) is 0.699. The monoisotopic (exact) mass is 422 g/mol. The third kappa shape index (κ3) is 4.17. The summed E-state index contributed by atoms with van der Waals surface area (Å²) in [7, 11) is -1.56. The molecule has 1 aromatic rings. The van der Waals surface area contributed by atoms with Crippen LogP contribution < -0.4 is 0 Å². The van der Waals surface area contributed by atoms with E-state index in [0.29, 0.717) is 31.5 Å². The van der Waals surface area contributed by atoms with Gasteiger partial charge in [0.1, 0.15) is 0 Å². The number of benzene rings is 1. The molecule has 1 aliphatic rings.